The van der Waals surface area contributed by atoms with Gasteiger partial charge >= 0.3 is 5.63 Å². The minimum Gasteiger partial charge on any atom is -0.481 e. The monoisotopic (exact) mass is 558 g/mol. The molecule has 4 aromatic carbocycles. The highest BCUT2D eigenvalue weighted by Crippen LogP contribution is 2.67. The molecule has 1 N–H and O–H groups in total. The second kappa shape index (κ2) is 8.60. The zero-order valence-corrected chi connectivity index (χ0v) is 23.2. The molecular weight excluding hydrogens is 532 g/mol. The van der Waals surface area contributed by atoms with Crippen LogP contribution in [0, 0.1) is 27.9 Å². The van der Waals surface area contributed by atoms with E-state index < -0.39 is 27.1 Å². The number of nitrogens with zero attached hydrogens (tertiary/aromatic N) is 1. The number of rotatable bonds is 4. The number of para-hydroxylation sites is 1. The number of ether oxygens (including phenoxy) is 2. The van der Waals surface area contributed by atoms with Gasteiger partial charge in [-0.25, -0.2) is 4.79 Å². The Labute approximate surface area is 241 Å². The summed E-state index contributed by atoms with van der Waals surface area (Å²) in [6, 6.07) is 23.4. The van der Waals surface area contributed by atoms with Crippen molar-refractivity contribution in [3.05, 3.63) is 116 Å². The molecule has 1 aromatic heterocycles. The Kier molecular flexibility index (Phi) is 5.26. The number of hydrogen-bond acceptors (Lipinski definition) is 7. The molecule has 3 heterocycles. The fourth-order valence-electron chi connectivity index (χ4n) is 6.85. The Bertz CT molecular complexity index is 2070. The largest absolute Gasteiger partial charge is 0.481 e. The molecule has 2 bridgehead atoms. The Morgan fingerprint density at radius 2 is 1.79 bits per heavy atom. The van der Waals surface area contributed by atoms with E-state index in [0.717, 1.165) is 16.6 Å². The minimum atomic E-state index is -1.27. The van der Waals surface area contributed by atoms with E-state index in [9.17, 15) is 14.9 Å². The lowest BCUT2D eigenvalue weighted by Gasteiger charge is -2.62. The second-order valence-corrected chi connectivity index (χ2v) is 11.4. The normalized spacial score (nSPS) is 21.4. The number of nitro groups is 1. The molecule has 7 rings (SSSR count). The lowest BCUT2D eigenvalue weighted by atomic mass is 9.50. The summed E-state index contributed by atoms with van der Waals surface area (Å²) in [5, 5.41) is 17.7. The second-order valence-electron chi connectivity index (χ2n) is 11.4. The zero-order chi connectivity index (χ0) is 29.4. The van der Waals surface area contributed by atoms with Crippen molar-refractivity contribution in [2.45, 2.75) is 31.9 Å². The molecule has 8 heteroatoms. The van der Waals surface area contributed by atoms with Gasteiger partial charge < -0.3 is 19.2 Å². The highest BCUT2D eigenvalue weighted by molar-refractivity contribution is 5.91. The van der Waals surface area contributed by atoms with Crippen molar-refractivity contribution < 1.29 is 18.8 Å². The summed E-state index contributed by atoms with van der Waals surface area (Å²) >= 11 is 0. The van der Waals surface area contributed by atoms with Crippen LogP contribution in [0.2, 0.25) is 0 Å². The van der Waals surface area contributed by atoms with Gasteiger partial charge in [0.05, 0.1) is 15.9 Å². The van der Waals surface area contributed by atoms with Gasteiger partial charge in [0, 0.05) is 34.2 Å². The average Bonchev–Trinajstić information content (AvgIpc) is 2.97. The van der Waals surface area contributed by atoms with E-state index in [1.54, 1.807) is 24.3 Å². The molecule has 5 aromatic rings. The number of hydrogen-bond donors (Lipinski definition) is 1. The topological polar surface area (TPSA) is 104 Å². The van der Waals surface area contributed by atoms with Crippen LogP contribution in [0.4, 0.5) is 11.4 Å². The number of benzene rings is 4. The molecular formula is C34H26N2O6. The first-order valence-corrected chi connectivity index (χ1v) is 13.5. The van der Waals surface area contributed by atoms with Gasteiger partial charge in [-0.05, 0) is 52.7 Å². The van der Waals surface area contributed by atoms with Crippen LogP contribution >= 0.6 is 0 Å². The Morgan fingerprint density at radius 1 is 0.976 bits per heavy atom. The van der Waals surface area contributed by atoms with Crippen molar-refractivity contribution in [3.63, 3.8) is 0 Å². The number of anilines is 1. The van der Waals surface area contributed by atoms with Gasteiger partial charge in [-0.2, -0.15) is 0 Å². The predicted molar refractivity (Wildman–Crippen MR) is 160 cm³/mol. The highest BCUT2D eigenvalue weighted by atomic mass is 16.6. The Balaban J connectivity index is 1.63. The van der Waals surface area contributed by atoms with Crippen LogP contribution in [0.15, 0.2) is 88.1 Å². The molecule has 2 aliphatic rings. The lowest BCUT2D eigenvalue weighted by Crippen LogP contribution is -2.67. The minimum absolute atomic E-state index is 0.0271. The molecule has 0 amide bonds. The number of fused-ring (bicyclic) bond motifs is 9. The summed E-state index contributed by atoms with van der Waals surface area (Å²) in [4.78, 5) is 25.3. The molecule has 208 valence electrons. The summed E-state index contributed by atoms with van der Waals surface area (Å²) in [6.07, 6.45) is 5.46. The van der Waals surface area contributed by atoms with Crippen LogP contribution < -0.4 is 20.4 Å². The van der Waals surface area contributed by atoms with Crippen molar-refractivity contribution in [1.82, 2.24) is 0 Å². The summed E-state index contributed by atoms with van der Waals surface area (Å²) in [7, 11) is 0. The molecule has 0 saturated carbocycles. The number of terminal acetylenes is 1. The van der Waals surface area contributed by atoms with Crippen molar-refractivity contribution >= 4 is 33.1 Å². The van der Waals surface area contributed by atoms with E-state index >= 15 is 0 Å². The van der Waals surface area contributed by atoms with Crippen LogP contribution in [0.5, 0.6) is 11.5 Å². The van der Waals surface area contributed by atoms with Crippen molar-refractivity contribution in [3.8, 4) is 23.8 Å². The summed E-state index contributed by atoms with van der Waals surface area (Å²) in [6.45, 7) is 6.18. The smallest absolute Gasteiger partial charge is 0.344 e. The highest BCUT2D eigenvalue weighted by Gasteiger charge is 2.68. The number of non-ortho nitro benzene ring substituents is 1. The molecule has 42 heavy (non-hydrogen) atoms. The quantitative estimate of drug-likeness (QED) is 0.111. The molecule has 0 fully saturated rings. The van der Waals surface area contributed by atoms with E-state index in [1.165, 1.54) is 6.07 Å². The Hall–Kier alpha value is -5.29. The van der Waals surface area contributed by atoms with Gasteiger partial charge in [0.25, 0.3) is 5.69 Å². The van der Waals surface area contributed by atoms with Gasteiger partial charge in [-0.1, -0.05) is 57.0 Å². The average molecular weight is 559 g/mol. The van der Waals surface area contributed by atoms with Crippen LogP contribution in [0.1, 0.15) is 37.5 Å². The summed E-state index contributed by atoms with van der Waals surface area (Å²) in [5.41, 5.74) is -0.602. The number of nitro benzene ring substituents is 1. The van der Waals surface area contributed by atoms with Crippen molar-refractivity contribution in [2.24, 2.45) is 5.41 Å². The van der Waals surface area contributed by atoms with Gasteiger partial charge in [-0.3, -0.25) is 10.1 Å². The van der Waals surface area contributed by atoms with Gasteiger partial charge in [0.2, 0.25) is 5.72 Å². The van der Waals surface area contributed by atoms with Crippen LogP contribution in [0.25, 0.3) is 21.7 Å². The van der Waals surface area contributed by atoms with E-state index in [4.69, 9.17) is 20.3 Å². The Morgan fingerprint density at radius 3 is 2.57 bits per heavy atom. The molecule has 0 radical (unpaired) electrons. The maximum Gasteiger partial charge on any atom is 0.344 e. The van der Waals surface area contributed by atoms with Gasteiger partial charge in [0.15, 0.2) is 0 Å². The third kappa shape index (κ3) is 3.16. The van der Waals surface area contributed by atoms with Gasteiger partial charge in [-0.15, -0.1) is 6.42 Å². The molecule has 2 aliphatic heterocycles. The first kappa shape index (κ1) is 25.7. The van der Waals surface area contributed by atoms with Crippen LogP contribution in [0.3, 0.4) is 0 Å². The van der Waals surface area contributed by atoms with Crippen molar-refractivity contribution in [2.75, 3.05) is 11.9 Å². The first-order valence-electron chi connectivity index (χ1n) is 13.5. The predicted octanol–water partition coefficient (Wildman–Crippen LogP) is 6.87. The van der Waals surface area contributed by atoms with E-state index in [2.05, 4.69) is 11.2 Å². The molecule has 1 unspecified atom stereocenters. The lowest BCUT2D eigenvalue weighted by molar-refractivity contribution is -0.384. The maximum atomic E-state index is 13.9. The zero-order valence-electron chi connectivity index (χ0n) is 23.2. The third-order valence-electron chi connectivity index (χ3n) is 9.27. The third-order valence-corrected chi connectivity index (χ3v) is 9.27. The number of nitrogens with one attached hydrogen (secondary N) is 1. The van der Waals surface area contributed by atoms with Crippen molar-refractivity contribution in [1.29, 1.82) is 0 Å². The summed E-state index contributed by atoms with van der Waals surface area (Å²) < 4.78 is 18.8. The fraction of sp³-hybridized carbons (Fsp3) is 0.206. The maximum absolute atomic E-state index is 13.9. The fourth-order valence-corrected chi connectivity index (χ4v) is 6.85. The SMILES string of the molecule is C#CCOc1ccc2c(c1)[C@]1(C)c3c(c4ccccc4oc3=O)OC(c3cccc4ccc([N+](=O)[O-])cc34)(N2)C1(C)C. The van der Waals surface area contributed by atoms with Gasteiger partial charge in [0.1, 0.15) is 23.7 Å². The molecule has 0 saturated heterocycles. The van der Waals surface area contributed by atoms with Crippen LogP contribution in [-0.4, -0.2) is 11.5 Å². The van der Waals surface area contributed by atoms with E-state index in [0.29, 0.717) is 39.0 Å². The molecule has 8 nitrogen and oxygen atoms in total. The molecule has 2 atom stereocenters. The molecule has 0 aliphatic carbocycles. The van der Waals surface area contributed by atoms with E-state index in [-0.39, 0.29) is 12.3 Å². The standard InChI is InChI=1S/C34H26N2O6/c1-5-17-40-22-15-16-27-26(19-22)33(4)29-30(23-10-6-7-12-28(23)41-31(29)37)42-34(35-27,32(33,2)3)25-11-8-9-20-13-14-21(36(38)39)18-24(20)25/h1,6-16,18-19,35H,17H2,2-4H3/t33-,34?/m1/s1. The summed E-state index contributed by atoms with van der Waals surface area (Å²) in [5.74, 6) is 3.47. The van der Waals surface area contributed by atoms with E-state index in [1.807, 2.05) is 69.3 Å². The first-order chi connectivity index (χ1) is 20.1. The van der Waals surface area contributed by atoms with Crippen LogP contribution in [-0.2, 0) is 11.1 Å². The molecule has 0 spiro atoms.